The summed E-state index contributed by atoms with van der Waals surface area (Å²) in [4.78, 5) is 12.4. The van der Waals surface area contributed by atoms with Gasteiger partial charge in [0.25, 0.3) is 5.91 Å². The van der Waals surface area contributed by atoms with Gasteiger partial charge in [0.1, 0.15) is 6.61 Å². The van der Waals surface area contributed by atoms with Crippen molar-refractivity contribution in [3.63, 3.8) is 0 Å². The Balaban J connectivity index is 1.50. The first-order valence-corrected chi connectivity index (χ1v) is 10.0. The monoisotopic (exact) mass is 447 g/mol. The van der Waals surface area contributed by atoms with Crippen LogP contribution in [0.1, 0.15) is 33.7 Å². The summed E-state index contributed by atoms with van der Waals surface area (Å²) in [5.41, 5.74) is 0.800. The van der Waals surface area contributed by atoms with Crippen LogP contribution in [0.25, 0.3) is 0 Å². The van der Waals surface area contributed by atoms with Crippen molar-refractivity contribution >= 4 is 5.91 Å². The molecule has 0 aliphatic carbocycles. The number of nitrogens with zero attached hydrogens (tertiary/aromatic N) is 2. The zero-order chi connectivity index (χ0) is 23.1. The molecule has 170 valence electrons. The molecule has 1 aromatic heterocycles. The van der Waals surface area contributed by atoms with Crippen molar-refractivity contribution < 1.29 is 27.4 Å². The molecule has 3 rings (SSSR count). The number of alkyl halides is 3. The van der Waals surface area contributed by atoms with E-state index < -0.39 is 11.9 Å². The fourth-order valence-corrected chi connectivity index (χ4v) is 3.11. The van der Waals surface area contributed by atoms with Crippen LogP contribution in [0, 0.1) is 6.92 Å². The molecule has 1 N–H and O–H groups in total. The average Bonchev–Trinajstić information content (AvgIpc) is 3.16. The van der Waals surface area contributed by atoms with Gasteiger partial charge in [-0.25, -0.2) is 0 Å². The minimum atomic E-state index is -4.47. The minimum Gasteiger partial charge on any atom is -0.493 e. The first-order valence-electron chi connectivity index (χ1n) is 10.0. The van der Waals surface area contributed by atoms with Gasteiger partial charge in [0.05, 0.1) is 7.11 Å². The van der Waals surface area contributed by atoms with Crippen LogP contribution < -0.4 is 14.8 Å². The molecule has 0 bridgehead atoms. The molecule has 3 aromatic rings. The Morgan fingerprint density at radius 1 is 1.09 bits per heavy atom. The summed E-state index contributed by atoms with van der Waals surface area (Å²) in [5, 5.41) is 6.36. The first kappa shape index (κ1) is 23.2. The molecule has 0 unspecified atom stereocenters. The third-order valence-electron chi connectivity index (χ3n) is 4.76. The summed E-state index contributed by atoms with van der Waals surface area (Å²) >= 11 is 0. The maximum atomic E-state index is 12.7. The van der Waals surface area contributed by atoms with Gasteiger partial charge >= 0.3 is 6.18 Å². The maximum Gasteiger partial charge on any atom is 0.435 e. The molecular formula is C23H24F3N3O3. The molecule has 0 fully saturated rings. The Bertz CT molecular complexity index is 1060. The molecule has 0 spiro atoms. The molecule has 0 aliphatic heterocycles. The van der Waals surface area contributed by atoms with Crippen LogP contribution in [0.15, 0.2) is 54.6 Å². The van der Waals surface area contributed by atoms with E-state index in [0.717, 1.165) is 11.6 Å². The highest BCUT2D eigenvalue weighted by Crippen LogP contribution is 2.28. The number of ether oxygens (including phenoxy) is 2. The van der Waals surface area contributed by atoms with Crippen LogP contribution in [-0.4, -0.2) is 29.3 Å². The number of hydrogen-bond acceptors (Lipinski definition) is 4. The summed E-state index contributed by atoms with van der Waals surface area (Å²) in [5.74, 6) is 0.959. The molecule has 32 heavy (non-hydrogen) atoms. The van der Waals surface area contributed by atoms with E-state index in [1.807, 2.05) is 18.2 Å². The molecule has 1 amide bonds. The van der Waals surface area contributed by atoms with Crippen LogP contribution >= 0.6 is 0 Å². The SMILES string of the molecule is COc1ccccc1OCc1cccc(C(=O)NCCCn2nc(C(F)(F)F)cc2C)c1. The van der Waals surface area contributed by atoms with Crippen molar-refractivity contribution in [2.24, 2.45) is 0 Å². The molecule has 0 aliphatic rings. The fraction of sp³-hybridized carbons (Fsp3) is 0.304. The highest BCUT2D eigenvalue weighted by molar-refractivity contribution is 5.94. The van der Waals surface area contributed by atoms with E-state index in [-0.39, 0.29) is 19.1 Å². The standard InChI is InChI=1S/C23H24F3N3O3/c1-16-13-21(23(24,25)26)28-29(16)12-6-11-27-22(30)18-8-5-7-17(14-18)15-32-20-10-4-3-9-19(20)31-2/h3-5,7-10,13-14H,6,11-12,15H2,1-2H3,(H,27,30). The highest BCUT2D eigenvalue weighted by atomic mass is 19.4. The molecule has 0 radical (unpaired) electrons. The van der Waals surface area contributed by atoms with Crippen LogP contribution in [-0.2, 0) is 19.3 Å². The summed E-state index contributed by atoms with van der Waals surface area (Å²) in [6.45, 7) is 2.41. The molecular weight excluding hydrogens is 423 g/mol. The second-order valence-corrected chi connectivity index (χ2v) is 7.14. The molecule has 0 atom stereocenters. The molecule has 2 aromatic carbocycles. The summed E-state index contributed by atoms with van der Waals surface area (Å²) in [7, 11) is 1.57. The number of aromatic nitrogens is 2. The number of halogens is 3. The molecule has 1 heterocycles. The number of rotatable bonds is 9. The average molecular weight is 447 g/mol. The van der Waals surface area contributed by atoms with Gasteiger partial charge in [-0.15, -0.1) is 0 Å². The molecule has 6 nitrogen and oxygen atoms in total. The lowest BCUT2D eigenvalue weighted by atomic mass is 10.1. The van der Waals surface area contributed by atoms with E-state index >= 15 is 0 Å². The normalized spacial score (nSPS) is 11.3. The number of hydrogen-bond donors (Lipinski definition) is 1. The summed E-state index contributed by atoms with van der Waals surface area (Å²) in [6, 6.07) is 15.3. The zero-order valence-corrected chi connectivity index (χ0v) is 17.8. The Hall–Kier alpha value is -3.49. The fourth-order valence-electron chi connectivity index (χ4n) is 3.11. The Kier molecular flexibility index (Phi) is 7.40. The Morgan fingerprint density at radius 2 is 1.84 bits per heavy atom. The van der Waals surface area contributed by atoms with Crippen molar-refractivity contribution in [3.8, 4) is 11.5 Å². The van der Waals surface area contributed by atoms with Crippen molar-refractivity contribution in [2.75, 3.05) is 13.7 Å². The van der Waals surface area contributed by atoms with Gasteiger partial charge in [-0.3, -0.25) is 9.48 Å². The summed E-state index contributed by atoms with van der Waals surface area (Å²) < 4.78 is 50.6. The van der Waals surface area contributed by atoms with Crippen LogP contribution in [0.5, 0.6) is 11.5 Å². The number of nitrogens with one attached hydrogen (secondary N) is 1. The molecule has 9 heteroatoms. The van der Waals surface area contributed by atoms with Gasteiger partial charge in [0, 0.05) is 24.3 Å². The van der Waals surface area contributed by atoms with E-state index in [1.54, 1.807) is 44.4 Å². The number of para-hydroxylation sites is 2. The summed E-state index contributed by atoms with van der Waals surface area (Å²) in [6.07, 6.45) is -4.02. The second kappa shape index (κ2) is 10.2. The van der Waals surface area contributed by atoms with Crippen LogP contribution in [0.4, 0.5) is 13.2 Å². The Morgan fingerprint density at radius 3 is 2.53 bits per heavy atom. The lowest BCUT2D eigenvalue weighted by Gasteiger charge is -2.11. The third kappa shape index (κ3) is 6.03. The van der Waals surface area contributed by atoms with Gasteiger partial charge in [0.15, 0.2) is 17.2 Å². The Labute approximate surface area is 184 Å². The predicted octanol–water partition coefficient (Wildman–Crippen LogP) is 4.62. The largest absolute Gasteiger partial charge is 0.493 e. The van der Waals surface area contributed by atoms with Gasteiger partial charge in [0.2, 0.25) is 0 Å². The van der Waals surface area contributed by atoms with Gasteiger partial charge in [-0.2, -0.15) is 18.3 Å². The minimum absolute atomic E-state index is 0.265. The lowest BCUT2D eigenvalue weighted by Crippen LogP contribution is -2.25. The number of carbonyl (C=O) groups excluding carboxylic acids is 1. The number of carbonyl (C=O) groups is 1. The van der Waals surface area contributed by atoms with E-state index in [0.29, 0.717) is 35.7 Å². The van der Waals surface area contributed by atoms with Gasteiger partial charge in [-0.1, -0.05) is 24.3 Å². The quantitative estimate of drug-likeness (QED) is 0.486. The first-order chi connectivity index (χ1) is 15.3. The van der Waals surface area contributed by atoms with Crippen molar-refractivity contribution in [3.05, 3.63) is 77.1 Å². The molecule has 0 saturated heterocycles. The topological polar surface area (TPSA) is 65.4 Å². The maximum absolute atomic E-state index is 12.7. The predicted molar refractivity (Wildman–Crippen MR) is 113 cm³/mol. The van der Waals surface area contributed by atoms with Crippen molar-refractivity contribution in [1.82, 2.24) is 15.1 Å². The molecule has 0 saturated carbocycles. The van der Waals surface area contributed by atoms with E-state index in [9.17, 15) is 18.0 Å². The second-order valence-electron chi connectivity index (χ2n) is 7.14. The van der Waals surface area contributed by atoms with E-state index in [4.69, 9.17) is 9.47 Å². The van der Waals surface area contributed by atoms with Gasteiger partial charge in [-0.05, 0) is 49.2 Å². The smallest absolute Gasteiger partial charge is 0.435 e. The highest BCUT2D eigenvalue weighted by Gasteiger charge is 2.34. The van der Waals surface area contributed by atoms with Gasteiger partial charge < -0.3 is 14.8 Å². The number of aryl methyl sites for hydroxylation is 2. The number of amides is 1. The van der Waals surface area contributed by atoms with E-state index in [1.165, 1.54) is 4.68 Å². The van der Waals surface area contributed by atoms with Crippen molar-refractivity contribution in [2.45, 2.75) is 32.7 Å². The van der Waals surface area contributed by atoms with Crippen molar-refractivity contribution in [1.29, 1.82) is 0 Å². The zero-order valence-electron chi connectivity index (χ0n) is 17.8. The lowest BCUT2D eigenvalue weighted by molar-refractivity contribution is -0.141. The van der Waals surface area contributed by atoms with Crippen LogP contribution in [0.3, 0.4) is 0 Å². The third-order valence-corrected chi connectivity index (χ3v) is 4.76. The number of benzene rings is 2. The van der Waals surface area contributed by atoms with E-state index in [2.05, 4.69) is 10.4 Å². The number of methoxy groups -OCH3 is 1. The van der Waals surface area contributed by atoms with Crippen LogP contribution in [0.2, 0.25) is 0 Å².